The molecule has 1 aromatic carbocycles. The van der Waals surface area contributed by atoms with E-state index in [4.69, 9.17) is 4.52 Å². The molecule has 0 aliphatic rings. The predicted molar refractivity (Wildman–Crippen MR) is 83.2 cm³/mol. The summed E-state index contributed by atoms with van der Waals surface area (Å²) in [5.41, 5.74) is 0.717. The summed E-state index contributed by atoms with van der Waals surface area (Å²) in [4.78, 5) is 12.9. The van der Waals surface area contributed by atoms with Crippen molar-refractivity contribution in [1.29, 1.82) is 0 Å². The summed E-state index contributed by atoms with van der Waals surface area (Å²) in [6.07, 6.45) is 0. The zero-order chi connectivity index (χ0) is 15.1. The molecule has 1 aromatic heterocycles. The molecule has 1 atom stereocenters. The smallest absolute Gasteiger partial charge is 0.315 e. The van der Waals surface area contributed by atoms with E-state index in [2.05, 4.69) is 34.8 Å². The number of aromatic nitrogens is 1. The van der Waals surface area contributed by atoms with Gasteiger partial charge in [0.1, 0.15) is 11.5 Å². The maximum absolute atomic E-state index is 11.7. The van der Waals surface area contributed by atoms with Crippen LogP contribution in [0, 0.1) is 6.92 Å². The van der Waals surface area contributed by atoms with Crippen LogP contribution in [0.25, 0.3) is 0 Å². The van der Waals surface area contributed by atoms with Gasteiger partial charge in [0.05, 0.1) is 6.54 Å². The van der Waals surface area contributed by atoms with E-state index in [0.717, 1.165) is 5.76 Å². The molecule has 1 heterocycles. The van der Waals surface area contributed by atoms with Gasteiger partial charge in [-0.3, -0.25) is 0 Å². The van der Waals surface area contributed by atoms with Gasteiger partial charge in [-0.25, -0.2) is 4.79 Å². The number of urea groups is 1. The summed E-state index contributed by atoms with van der Waals surface area (Å²) >= 11 is 1.73. The summed E-state index contributed by atoms with van der Waals surface area (Å²) in [6, 6.07) is 11.7. The van der Waals surface area contributed by atoms with Gasteiger partial charge in [-0.2, -0.15) is 0 Å². The number of amides is 2. The molecule has 2 rings (SSSR count). The number of nitrogens with one attached hydrogen (secondary N) is 2. The molecule has 0 fully saturated rings. The lowest BCUT2D eigenvalue weighted by atomic mass is 10.4. The number of nitrogens with zero attached hydrogens (tertiary/aromatic N) is 1. The van der Waals surface area contributed by atoms with Gasteiger partial charge in [-0.15, -0.1) is 11.8 Å². The number of aryl methyl sites for hydroxylation is 1. The van der Waals surface area contributed by atoms with Gasteiger partial charge in [0.25, 0.3) is 0 Å². The van der Waals surface area contributed by atoms with Gasteiger partial charge in [0.15, 0.2) is 0 Å². The first-order valence-corrected chi connectivity index (χ1v) is 7.67. The van der Waals surface area contributed by atoms with Crippen LogP contribution in [0.1, 0.15) is 18.4 Å². The normalized spacial score (nSPS) is 11.9. The molecule has 1 unspecified atom stereocenters. The average Bonchev–Trinajstić information content (AvgIpc) is 2.90. The van der Waals surface area contributed by atoms with Crippen LogP contribution >= 0.6 is 11.8 Å². The minimum Gasteiger partial charge on any atom is -0.361 e. The predicted octanol–water partition coefficient (Wildman–Crippen LogP) is 2.96. The van der Waals surface area contributed by atoms with Crippen LogP contribution in [0.2, 0.25) is 0 Å². The van der Waals surface area contributed by atoms with Gasteiger partial charge in [-0.05, 0) is 19.1 Å². The molecule has 0 saturated carbocycles. The summed E-state index contributed by atoms with van der Waals surface area (Å²) in [7, 11) is 0. The Kier molecular flexibility index (Phi) is 5.68. The minimum absolute atomic E-state index is 0.198. The van der Waals surface area contributed by atoms with Crippen molar-refractivity contribution >= 4 is 17.8 Å². The largest absolute Gasteiger partial charge is 0.361 e. The second-order valence-electron chi connectivity index (χ2n) is 4.73. The first-order valence-electron chi connectivity index (χ1n) is 6.79. The van der Waals surface area contributed by atoms with Gasteiger partial charge in [0.2, 0.25) is 0 Å². The highest BCUT2D eigenvalue weighted by Crippen LogP contribution is 2.21. The van der Waals surface area contributed by atoms with Crippen LogP contribution < -0.4 is 10.6 Å². The van der Waals surface area contributed by atoms with Crippen LogP contribution in [0.15, 0.2) is 45.8 Å². The van der Waals surface area contributed by atoms with Crippen molar-refractivity contribution in [3.05, 3.63) is 47.9 Å². The lowest BCUT2D eigenvalue weighted by Gasteiger charge is -2.12. The van der Waals surface area contributed by atoms with E-state index in [0.29, 0.717) is 24.0 Å². The fourth-order valence-corrected chi connectivity index (χ4v) is 2.69. The Balaban J connectivity index is 1.66. The summed E-state index contributed by atoms with van der Waals surface area (Å²) in [6.45, 7) is 4.87. The zero-order valence-electron chi connectivity index (χ0n) is 12.1. The third-order valence-corrected chi connectivity index (χ3v) is 3.85. The molecule has 0 spiro atoms. The standard InChI is InChI=1S/C15H19N3O2S/c1-11-8-13(18-20-11)10-17-15(19)16-9-12(2)21-14-6-4-3-5-7-14/h3-8,12H,9-10H2,1-2H3,(H2,16,17,19). The Labute approximate surface area is 128 Å². The number of thioether (sulfide) groups is 1. The molecule has 0 aliphatic heterocycles. The van der Waals surface area contributed by atoms with Crippen molar-refractivity contribution in [3.63, 3.8) is 0 Å². The fraction of sp³-hybridized carbons (Fsp3) is 0.333. The van der Waals surface area contributed by atoms with Crippen molar-refractivity contribution in [1.82, 2.24) is 15.8 Å². The highest BCUT2D eigenvalue weighted by Gasteiger charge is 2.07. The number of benzene rings is 1. The molecule has 0 radical (unpaired) electrons. The van der Waals surface area contributed by atoms with E-state index >= 15 is 0 Å². The molecule has 0 aliphatic carbocycles. The second-order valence-corrected chi connectivity index (χ2v) is 6.25. The first-order chi connectivity index (χ1) is 10.1. The van der Waals surface area contributed by atoms with Crippen molar-refractivity contribution < 1.29 is 9.32 Å². The SMILES string of the molecule is Cc1cc(CNC(=O)NCC(C)Sc2ccccc2)no1. The van der Waals surface area contributed by atoms with Crippen molar-refractivity contribution in [2.24, 2.45) is 0 Å². The zero-order valence-corrected chi connectivity index (χ0v) is 12.9. The lowest BCUT2D eigenvalue weighted by Crippen LogP contribution is -2.38. The van der Waals surface area contributed by atoms with E-state index in [1.54, 1.807) is 17.8 Å². The van der Waals surface area contributed by atoms with E-state index in [1.807, 2.05) is 25.1 Å². The van der Waals surface area contributed by atoms with Crippen LogP contribution in [0.3, 0.4) is 0 Å². The number of carbonyl (C=O) groups is 1. The molecule has 6 heteroatoms. The summed E-state index contributed by atoms with van der Waals surface area (Å²) in [5.74, 6) is 0.736. The van der Waals surface area contributed by atoms with Crippen molar-refractivity contribution in [3.8, 4) is 0 Å². The molecular weight excluding hydrogens is 286 g/mol. The Hall–Kier alpha value is -1.95. The topological polar surface area (TPSA) is 67.2 Å². The molecule has 2 amide bonds. The Morgan fingerprint density at radius 1 is 1.33 bits per heavy atom. The highest BCUT2D eigenvalue weighted by atomic mass is 32.2. The maximum atomic E-state index is 11.7. The molecular formula is C15H19N3O2S. The molecule has 112 valence electrons. The van der Waals surface area contributed by atoms with Crippen LogP contribution in [-0.2, 0) is 6.54 Å². The number of hydrogen-bond donors (Lipinski definition) is 2. The third-order valence-electron chi connectivity index (χ3n) is 2.74. The van der Waals surface area contributed by atoms with Crippen LogP contribution in [-0.4, -0.2) is 23.0 Å². The van der Waals surface area contributed by atoms with E-state index in [1.165, 1.54) is 4.90 Å². The number of rotatable bonds is 6. The fourth-order valence-electron chi connectivity index (χ4n) is 1.74. The third kappa shape index (κ3) is 5.51. The first kappa shape index (κ1) is 15.4. The van der Waals surface area contributed by atoms with Gasteiger partial charge < -0.3 is 15.2 Å². The van der Waals surface area contributed by atoms with Gasteiger partial charge in [0, 0.05) is 22.8 Å². The Bertz CT molecular complexity index is 571. The van der Waals surface area contributed by atoms with Gasteiger partial charge in [-0.1, -0.05) is 30.3 Å². The average molecular weight is 305 g/mol. The second kappa shape index (κ2) is 7.73. The van der Waals surface area contributed by atoms with Crippen LogP contribution in [0.4, 0.5) is 4.79 Å². The summed E-state index contributed by atoms with van der Waals surface area (Å²) < 4.78 is 4.94. The highest BCUT2D eigenvalue weighted by molar-refractivity contribution is 8.00. The van der Waals surface area contributed by atoms with E-state index in [-0.39, 0.29) is 6.03 Å². The summed E-state index contributed by atoms with van der Waals surface area (Å²) in [5, 5.41) is 9.72. The Morgan fingerprint density at radius 3 is 2.76 bits per heavy atom. The monoisotopic (exact) mass is 305 g/mol. The quantitative estimate of drug-likeness (QED) is 0.805. The molecule has 0 saturated heterocycles. The molecule has 5 nitrogen and oxygen atoms in total. The molecule has 21 heavy (non-hydrogen) atoms. The van der Waals surface area contributed by atoms with Gasteiger partial charge >= 0.3 is 6.03 Å². The van der Waals surface area contributed by atoms with E-state index < -0.39 is 0 Å². The lowest BCUT2D eigenvalue weighted by molar-refractivity contribution is 0.240. The Morgan fingerprint density at radius 2 is 2.10 bits per heavy atom. The molecule has 2 aromatic rings. The van der Waals surface area contributed by atoms with Crippen molar-refractivity contribution in [2.45, 2.75) is 30.5 Å². The number of hydrogen-bond acceptors (Lipinski definition) is 4. The van der Waals surface area contributed by atoms with E-state index in [9.17, 15) is 4.79 Å². The van der Waals surface area contributed by atoms with Crippen LogP contribution in [0.5, 0.6) is 0 Å². The number of carbonyl (C=O) groups excluding carboxylic acids is 1. The maximum Gasteiger partial charge on any atom is 0.315 e. The molecule has 2 N–H and O–H groups in total. The minimum atomic E-state index is -0.198. The molecule has 0 bridgehead atoms. The van der Waals surface area contributed by atoms with Crippen molar-refractivity contribution in [2.75, 3.05) is 6.54 Å².